The zero-order chi connectivity index (χ0) is 10.7. The van der Waals surface area contributed by atoms with Crippen molar-refractivity contribution in [3.63, 3.8) is 0 Å². The van der Waals surface area contributed by atoms with E-state index in [1.54, 1.807) is 0 Å². The molecule has 0 radical (unpaired) electrons. The lowest BCUT2D eigenvalue weighted by molar-refractivity contribution is 0.317. The maximum atomic E-state index is 3.27. The Bertz CT molecular complexity index is 75.2. The maximum Gasteiger partial charge on any atom is -0.00210 e. The Labute approximate surface area is 85.3 Å². The van der Waals surface area contributed by atoms with Gasteiger partial charge in [0.15, 0.2) is 0 Å². The molecule has 0 aliphatic carbocycles. The van der Waals surface area contributed by atoms with Crippen LogP contribution in [0.4, 0.5) is 0 Å². The van der Waals surface area contributed by atoms with Crippen molar-refractivity contribution in [3.8, 4) is 0 Å². The van der Waals surface area contributed by atoms with Crippen molar-refractivity contribution in [1.82, 2.24) is 5.32 Å². The highest BCUT2D eigenvalue weighted by Crippen LogP contribution is 2.19. The molecule has 0 fully saturated rings. The summed E-state index contributed by atoms with van der Waals surface area (Å²) in [4.78, 5) is 0. The predicted molar refractivity (Wildman–Crippen MR) is 63.1 cm³/mol. The molecule has 2 atom stereocenters. The summed E-state index contributed by atoms with van der Waals surface area (Å²) in [6, 6.07) is 0. The Morgan fingerprint density at radius 2 is 1.69 bits per heavy atom. The Kier molecular flexibility index (Phi) is 14.2. The number of nitrogens with one attached hydrogen (secondary N) is 1. The van der Waals surface area contributed by atoms with Gasteiger partial charge in [0, 0.05) is 0 Å². The van der Waals surface area contributed by atoms with E-state index >= 15 is 0 Å². The van der Waals surface area contributed by atoms with Gasteiger partial charge in [-0.3, -0.25) is 0 Å². The summed E-state index contributed by atoms with van der Waals surface area (Å²) in [5, 5.41) is 3.27. The van der Waals surface area contributed by atoms with Gasteiger partial charge in [-0.1, -0.05) is 47.5 Å². The molecule has 0 aromatic rings. The van der Waals surface area contributed by atoms with Crippen LogP contribution < -0.4 is 5.32 Å². The minimum atomic E-state index is 0.877. The summed E-state index contributed by atoms with van der Waals surface area (Å²) in [5.74, 6) is 1.76. The van der Waals surface area contributed by atoms with Gasteiger partial charge in [0.25, 0.3) is 0 Å². The van der Waals surface area contributed by atoms with Gasteiger partial charge in [-0.2, -0.15) is 0 Å². The average Bonchev–Trinajstić information content (AvgIpc) is 2.19. The highest BCUT2D eigenvalue weighted by atomic mass is 14.8. The number of rotatable bonds is 6. The van der Waals surface area contributed by atoms with Crippen LogP contribution in [-0.4, -0.2) is 13.6 Å². The fourth-order valence-corrected chi connectivity index (χ4v) is 1.55. The molecule has 0 aromatic carbocycles. The van der Waals surface area contributed by atoms with E-state index in [1.807, 2.05) is 20.9 Å². The maximum absolute atomic E-state index is 3.27. The largest absolute Gasteiger partial charge is 0.319 e. The first kappa shape index (κ1) is 15.4. The van der Waals surface area contributed by atoms with Gasteiger partial charge in [-0.05, 0) is 31.8 Å². The molecule has 82 valence electrons. The Hall–Kier alpha value is -0.0400. The normalized spacial score (nSPS) is 14.3. The minimum Gasteiger partial charge on any atom is -0.319 e. The summed E-state index contributed by atoms with van der Waals surface area (Å²) < 4.78 is 0. The third kappa shape index (κ3) is 8.29. The molecule has 0 aromatic heterocycles. The van der Waals surface area contributed by atoms with Crippen LogP contribution in [0.15, 0.2) is 0 Å². The molecule has 13 heavy (non-hydrogen) atoms. The number of hydrogen-bond acceptors (Lipinski definition) is 1. The van der Waals surface area contributed by atoms with Crippen molar-refractivity contribution >= 4 is 0 Å². The molecule has 0 heterocycles. The van der Waals surface area contributed by atoms with Crippen LogP contribution in [-0.2, 0) is 0 Å². The van der Waals surface area contributed by atoms with Gasteiger partial charge in [0.05, 0.1) is 0 Å². The minimum absolute atomic E-state index is 0.877. The van der Waals surface area contributed by atoms with Crippen molar-refractivity contribution in [3.05, 3.63) is 0 Å². The first-order valence-corrected chi connectivity index (χ1v) is 5.90. The molecule has 0 rings (SSSR count). The fraction of sp³-hybridized carbons (Fsp3) is 1.00. The van der Waals surface area contributed by atoms with Gasteiger partial charge in [-0.25, -0.2) is 0 Å². The van der Waals surface area contributed by atoms with Crippen LogP contribution in [0, 0.1) is 11.8 Å². The van der Waals surface area contributed by atoms with E-state index in [2.05, 4.69) is 26.1 Å². The summed E-state index contributed by atoms with van der Waals surface area (Å²) in [5.41, 5.74) is 0. The van der Waals surface area contributed by atoms with Crippen molar-refractivity contribution in [2.45, 2.75) is 53.9 Å². The third-order valence-electron chi connectivity index (χ3n) is 2.57. The summed E-state index contributed by atoms with van der Waals surface area (Å²) >= 11 is 0. The van der Waals surface area contributed by atoms with Crippen molar-refractivity contribution in [2.24, 2.45) is 11.8 Å². The SMILES string of the molecule is CC.CCCC(CNC)C(C)CC. The Morgan fingerprint density at radius 1 is 1.15 bits per heavy atom. The first-order valence-electron chi connectivity index (χ1n) is 5.90. The third-order valence-corrected chi connectivity index (χ3v) is 2.57. The molecular weight excluding hydrogens is 158 g/mol. The predicted octanol–water partition coefficient (Wildman–Crippen LogP) is 3.69. The molecule has 0 spiro atoms. The second-order valence-electron chi connectivity index (χ2n) is 3.49. The molecule has 0 amide bonds. The van der Waals surface area contributed by atoms with E-state index in [9.17, 15) is 0 Å². The molecule has 1 nitrogen and oxygen atoms in total. The Balaban J connectivity index is 0. The second kappa shape index (κ2) is 12.0. The van der Waals surface area contributed by atoms with E-state index in [4.69, 9.17) is 0 Å². The first-order chi connectivity index (χ1) is 6.26. The molecule has 0 aliphatic rings. The van der Waals surface area contributed by atoms with Gasteiger partial charge >= 0.3 is 0 Å². The lowest BCUT2D eigenvalue weighted by Crippen LogP contribution is -2.24. The smallest absolute Gasteiger partial charge is 0.00210 e. The van der Waals surface area contributed by atoms with Crippen molar-refractivity contribution < 1.29 is 0 Å². The van der Waals surface area contributed by atoms with Gasteiger partial charge in [0.1, 0.15) is 0 Å². The number of hydrogen-bond donors (Lipinski definition) is 1. The van der Waals surface area contributed by atoms with Gasteiger partial charge in [-0.15, -0.1) is 0 Å². The van der Waals surface area contributed by atoms with E-state index in [0.717, 1.165) is 11.8 Å². The lowest BCUT2D eigenvalue weighted by Gasteiger charge is -2.21. The topological polar surface area (TPSA) is 12.0 Å². The molecule has 1 N–H and O–H groups in total. The van der Waals surface area contributed by atoms with Crippen LogP contribution in [0.25, 0.3) is 0 Å². The van der Waals surface area contributed by atoms with Crippen LogP contribution in [0.2, 0.25) is 0 Å². The summed E-state index contributed by atoms with van der Waals surface area (Å²) in [6.07, 6.45) is 4.00. The Morgan fingerprint density at radius 3 is 2.00 bits per heavy atom. The highest BCUT2D eigenvalue weighted by molar-refractivity contribution is 4.66. The van der Waals surface area contributed by atoms with Crippen molar-refractivity contribution in [1.29, 1.82) is 0 Å². The van der Waals surface area contributed by atoms with E-state index in [1.165, 1.54) is 25.8 Å². The van der Waals surface area contributed by atoms with E-state index in [0.29, 0.717) is 0 Å². The second-order valence-corrected chi connectivity index (χ2v) is 3.49. The molecule has 0 saturated heterocycles. The van der Waals surface area contributed by atoms with Gasteiger partial charge in [0.2, 0.25) is 0 Å². The quantitative estimate of drug-likeness (QED) is 0.668. The zero-order valence-electron chi connectivity index (χ0n) is 10.5. The molecular formula is C12H29N. The molecule has 0 bridgehead atoms. The van der Waals surface area contributed by atoms with Crippen LogP contribution in [0.5, 0.6) is 0 Å². The molecule has 0 aliphatic heterocycles. The summed E-state index contributed by atoms with van der Waals surface area (Å²) in [6.45, 7) is 12.1. The molecule has 2 unspecified atom stereocenters. The van der Waals surface area contributed by atoms with Crippen LogP contribution in [0.3, 0.4) is 0 Å². The lowest BCUT2D eigenvalue weighted by atomic mass is 9.88. The van der Waals surface area contributed by atoms with Gasteiger partial charge < -0.3 is 5.32 Å². The van der Waals surface area contributed by atoms with Crippen LogP contribution >= 0.6 is 0 Å². The highest BCUT2D eigenvalue weighted by Gasteiger charge is 2.12. The summed E-state index contributed by atoms with van der Waals surface area (Å²) in [7, 11) is 2.05. The van der Waals surface area contributed by atoms with E-state index < -0.39 is 0 Å². The fourth-order valence-electron chi connectivity index (χ4n) is 1.55. The average molecular weight is 187 g/mol. The monoisotopic (exact) mass is 187 g/mol. The molecule has 1 heteroatoms. The van der Waals surface area contributed by atoms with Crippen LogP contribution in [0.1, 0.15) is 53.9 Å². The zero-order valence-corrected chi connectivity index (χ0v) is 10.5. The standard InChI is InChI=1S/C10H23N.C2H6/c1-5-7-10(8-11-4)9(3)6-2;1-2/h9-11H,5-8H2,1-4H3;1-2H3. The molecule has 0 saturated carbocycles. The van der Waals surface area contributed by atoms with E-state index in [-0.39, 0.29) is 0 Å². The van der Waals surface area contributed by atoms with Crippen molar-refractivity contribution in [2.75, 3.05) is 13.6 Å².